The maximum Gasteiger partial charge on any atom is 0.433 e. The summed E-state index contributed by atoms with van der Waals surface area (Å²) in [6.07, 6.45) is -0.110. The number of nitro groups is 1. The summed E-state index contributed by atoms with van der Waals surface area (Å²) in [6, 6.07) is 8.02. The van der Waals surface area contributed by atoms with E-state index in [0.717, 1.165) is 17.7 Å². The molecular formula is C14H13NO5. The van der Waals surface area contributed by atoms with Crippen molar-refractivity contribution in [2.75, 3.05) is 0 Å². The standard InChI is InChI=1S/C14H13NO5/c1-8-6-10-7-9(2-3-11(10)19-8)14(16)12-4-5-13(20-12)15(17)18/h2-5,7-8,14,16H,6H2,1H3. The van der Waals surface area contributed by atoms with Crippen molar-refractivity contribution in [3.05, 3.63) is 57.3 Å². The normalized spacial score (nSPS) is 18.4. The van der Waals surface area contributed by atoms with Crippen LogP contribution in [0.4, 0.5) is 5.88 Å². The van der Waals surface area contributed by atoms with Gasteiger partial charge >= 0.3 is 5.88 Å². The molecule has 1 aliphatic rings. The summed E-state index contributed by atoms with van der Waals surface area (Å²) in [5.41, 5.74) is 1.65. The maximum absolute atomic E-state index is 10.6. The predicted molar refractivity (Wildman–Crippen MR) is 69.7 cm³/mol. The Kier molecular flexibility index (Phi) is 2.94. The number of furan rings is 1. The van der Waals surface area contributed by atoms with Gasteiger partial charge in [0.15, 0.2) is 0 Å². The molecule has 1 aliphatic heterocycles. The molecule has 3 rings (SSSR count). The smallest absolute Gasteiger partial charge is 0.433 e. The van der Waals surface area contributed by atoms with Gasteiger partial charge in [0, 0.05) is 6.42 Å². The Labute approximate surface area is 114 Å². The van der Waals surface area contributed by atoms with Gasteiger partial charge in [0.2, 0.25) is 0 Å². The van der Waals surface area contributed by atoms with E-state index in [-0.39, 0.29) is 17.7 Å². The van der Waals surface area contributed by atoms with Crippen molar-refractivity contribution < 1.29 is 19.2 Å². The Morgan fingerprint density at radius 2 is 2.20 bits per heavy atom. The van der Waals surface area contributed by atoms with Crippen LogP contribution < -0.4 is 4.74 Å². The quantitative estimate of drug-likeness (QED) is 0.687. The van der Waals surface area contributed by atoms with E-state index in [1.807, 2.05) is 13.0 Å². The van der Waals surface area contributed by atoms with Crippen LogP contribution in [0.15, 0.2) is 34.7 Å². The molecule has 0 saturated heterocycles. The van der Waals surface area contributed by atoms with E-state index in [2.05, 4.69) is 0 Å². The first-order valence-electron chi connectivity index (χ1n) is 6.26. The summed E-state index contributed by atoms with van der Waals surface area (Å²) in [5.74, 6) is 0.597. The zero-order valence-corrected chi connectivity index (χ0v) is 10.8. The Morgan fingerprint density at radius 3 is 2.90 bits per heavy atom. The number of benzene rings is 1. The molecule has 0 bridgehead atoms. The fraction of sp³-hybridized carbons (Fsp3) is 0.286. The molecule has 1 aromatic carbocycles. The molecule has 0 fully saturated rings. The van der Waals surface area contributed by atoms with Crippen LogP contribution >= 0.6 is 0 Å². The predicted octanol–water partition coefficient (Wildman–Crippen LogP) is 2.59. The summed E-state index contributed by atoms with van der Waals surface area (Å²) in [7, 11) is 0. The molecule has 6 heteroatoms. The van der Waals surface area contributed by atoms with E-state index >= 15 is 0 Å². The molecule has 20 heavy (non-hydrogen) atoms. The van der Waals surface area contributed by atoms with Gasteiger partial charge in [-0.2, -0.15) is 0 Å². The Bertz CT molecular complexity index is 663. The summed E-state index contributed by atoms with van der Waals surface area (Å²) >= 11 is 0. The van der Waals surface area contributed by atoms with Crippen molar-refractivity contribution in [1.29, 1.82) is 0 Å². The van der Waals surface area contributed by atoms with Crippen LogP contribution in [0.25, 0.3) is 0 Å². The highest BCUT2D eigenvalue weighted by Crippen LogP contribution is 2.33. The highest BCUT2D eigenvalue weighted by molar-refractivity contribution is 5.42. The molecular weight excluding hydrogens is 262 g/mol. The van der Waals surface area contributed by atoms with Crippen LogP contribution in [-0.4, -0.2) is 16.1 Å². The highest BCUT2D eigenvalue weighted by atomic mass is 16.6. The second-order valence-corrected chi connectivity index (χ2v) is 4.84. The van der Waals surface area contributed by atoms with Crippen molar-refractivity contribution in [3.63, 3.8) is 0 Å². The number of hydrogen-bond acceptors (Lipinski definition) is 5. The summed E-state index contributed by atoms with van der Waals surface area (Å²) in [5, 5.41) is 20.8. The molecule has 6 nitrogen and oxygen atoms in total. The lowest BCUT2D eigenvalue weighted by Gasteiger charge is -2.09. The van der Waals surface area contributed by atoms with Gasteiger partial charge < -0.3 is 14.3 Å². The van der Waals surface area contributed by atoms with Crippen LogP contribution in [0.5, 0.6) is 5.75 Å². The molecule has 0 saturated carbocycles. The SMILES string of the molecule is CC1Cc2cc(C(O)c3ccc([N+](=O)[O-])o3)ccc2O1. The van der Waals surface area contributed by atoms with Gasteiger partial charge in [-0.25, -0.2) is 0 Å². The molecule has 1 aromatic heterocycles. The minimum Gasteiger partial charge on any atom is -0.490 e. The molecule has 0 aliphatic carbocycles. The number of rotatable bonds is 3. The number of aliphatic hydroxyl groups excluding tert-OH is 1. The topological polar surface area (TPSA) is 85.7 Å². The summed E-state index contributed by atoms with van der Waals surface area (Å²) < 4.78 is 10.6. The molecule has 0 radical (unpaired) electrons. The number of fused-ring (bicyclic) bond motifs is 1. The molecule has 2 aromatic rings. The van der Waals surface area contributed by atoms with E-state index in [9.17, 15) is 15.2 Å². The van der Waals surface area contributed by atoms with Gasteiger partial charge in [-0.3, -0.25) is 10.1 Å². The average Bonchev–Trinajstić information content (AvgIpc) is 3.02. The lowest BCUT2D eigenvalue weighted by molar-refractivity contribution is -0.402. The van der Waals surface area contributed by atoms with Crippen LogP contribution in [0.2, 0.25) is 0 Å². The van der Waals surface area contributed by atoms with Gasteiger partial charge in [0.1, 0.15) is 28.6 Å². The van der Waals surface area contributed by atoms with Crippen LogP contribution in [0.3, 0.4) is 0 Å². The van der Waals surface area contributed by atoms with Crippen molar-refractivity contribution in [2.45, 2.75) is 25.6 Å². The lowest BCUT2D eigenvalue weighted by atomic mass is 10.0. The second kappa shape index (κ2) is 4.64. The molecule has 0 spiro atoms. The fourth-order valence-corrected chi connectivity index (χ4v) is 2.36. The summed E-state index contributed by atoms with van der Waals surface area (Å²) in [4.78, 5) is 9.95. The second-order valence-electron chi connectivity index (χ2n) is 4.84. The Balaban J connectivity index is 1.89. The first-order valence-corrected chi connectivity index (χ1v) is 6.26. The van der Waals surface area contributed by atoms with Crippen LogP contribution in [0, 0.1) is 10.1 Å². The maximum atomic E-state index is 10.6. The molecule has 2 heterocycles. The third-order valence-corrected chi connectivity index (χ3v) is 3.30. The number of hydrogen-bond donors (Lipinski definition) is 1. The third kappa shape index (κ3) is 2.14. The minimum absolute atomic E-state index is 0.127. The largest absolute Gasteiger partial charge is 0.490 e. The van der Waals surface area contributed by atoms with Crippen molar-refractivity contribution in [2.24, 2.45) is 0 Å². The first-order chi connectivity index (χ1) is 9.54. The fourth-order valence-electron chi connectivity index (χ4n) is 2.36. The third-order valence-electron chi connectivity index (χ3n) is 3.30. The molecule has 2 unspecified atom stereocenters. The van der Waals surface area contributed by atoms with Gasteiger partial charge in [-0.1, -0.05) is 6.07 Å². The van der Waals surface area contributed by atoms with Gasteiger partial charge in [0.05, 0.1) is 6.07 Å². The summed E-state index contributed by atoms with van der Waals surface area (Å²) in [6.45, 7) is 1.98. The van der Waals surface area contributed by atoms with E-state index < -0.39 is 11.0 Å². The first kappa shape index (κ1) is 12.7. The molecule has 2 atom stereocenters. The van der Waals surface area contributed by atoms with Gasteiger partial charge in [0.25, 0.3) is 0 Å². The van der Waals surface area contributed by atoms with Gasteiger partial charge in [-0.15, -0.1) is 0 Å². The highest BCUT2D eigenvalue weighted by Gasteiger charge is 2.23. The van der Waals surface area contributed by atoms with Crippen molar-refractivity contribution in [1.82, 2.24) is 0 Å². The van der Waals surface area contributed by atoms with E-state index in [0.29, 0.717) is 5.56 Å². The monoisotopic (exact) mass is 275 g/mol. The zero-order chi connectivity index (χ0) is 14.3. The minimum atomic E-state index is -1.02. The van der Waals surface area contributed by atoms with E-state index in [4.69, 9.17) is 9.15 Å². The average molecular weight is 275 g/mol. The van der Waals surface area contributed by atoms with Crippen molar-refractivity contribution >= 4 is 5.88 Å². The molecule has 1 N–H and O–H groups in total. The lowest BCUT2D eigenvalue weighted by Crippen LogP contribution is -2.05. The molecule has 0 amide bonds. The zero-order valence-electron chi connectivity index (χ0n) is 10.8. The van der Waals surface area contributed by atoms with Crippen LogP contribution in [0.1, 0.15) is 29.9 Å². The van der Waals surface area contributed by atoms with Gasteiger partial charge in [-0.05, 0) is 36.2 Å². The van der Waals surface area contributed by atoms with Crippen molar-refractivity contribution in [3.8, 4) is 5.75 Å². The number of aliphatic hydroxyl groups is 1. The molecule has 104 valence electrons. The van der Waals surface area contributed by atoms with E-state index in [1.165, 1.54) is 12.1 Å². The van der Waals surface area contributed by atoms with Crippen LogP contribution in [-0.2, 0) is 6.42 Å². The Hall–Kier alpha value is -2.34. The Morgan fingerprint density at radius 1 is 1.40 bits per heavy atom. The van der Waals surface area contributed by atoms with E-state index in [1.54, 1.807) is 12.1 Å². The number of nitrogens with zero attached hydrogens (tertiary/aromatic N) is 1. The number of ether oxygens (including phenoxy) is 1.